The van der Waals surface area contributed by atoms with Gasteiger partial charge in [-0.3, -0.25) is 9.69 Å². The Hall–Kier alpha value is -1.62. The van der Waals surface area contributed by atoms with Gasteiger partial charge in [0.05, 0.1) is 5.56 Å². The van der Waals surface area contributed by atoms with Crippen molar-refractivity contribution in [2.24, 2.45) is 11.1 Å². The monoisotopic (exact) mass is 302 g/mol. The minimum atomic E-state index is -0.400. The highest BCUT2D eigenvalue weighted by Crippen LogP contribution is 2.39. The molecule has 0 bridgehead atoms. The fourth-order valence-corrected chi connectivity index (χ4v) is 3.85. The number of aromatic nitrogens is 1. The van der Waals surface area contributed by atoms with E-state index in [0.29, 0.717) is 11.0 Å². The van der Waals surface area contributed by atoms with Gasteiger partial charge in [-0.15, -0.1) is 0 Å². The summed E-state index contributed by atoms with van der Waals surface area (Å²) in [5.41, 5.74) is 6.48. The number of carbonyl (C=O) groups excluding carboxylic acids is 1. The van der Waals surface area contributed by atoms with E-state index < -0.39 is 5.91 Å². The highest BCUT2D eigenvalue weighted by Gasteiger charge is 2.35. The van der Waals surface area contributed by atoms with Gasteiger partial charge < -0.3 is 10.6 Å². The summed E-state index contributed by atoms with van der Waals surface area (Å²) in [4.78, 5) is 20.7. The summed E-state index contributed by atoms with van der Waals surface area (Å²) in [6.07, 6.45) is 5.66. The number of hydrogen-bond acceptors (Lipinski definition) is 4. The zero-order chi connectivity index (χ0) is 15.7. The van der Waals surface area contributed by atoms with Crippen LogP contribution in [0.4, 0.5) is 5.82 Å². The van der Waals surface area contributed by atoms with Gasteiger partial charge in [-0.05, 0) is 36.8 Å². The topological polar surface area (TPSA) is 62.5 Å². The highest BCUT2D eigenvalue weighted by atomic mass is 16.1. The van der Waals surface area contributed by atoms with E-state index >= 15 is 0 Å². The SMILES string of the molecule is CC1(C)CCC(N2CCN(c3ncccc3C(N)=O)CC2)C1. The Morgan fingerprint density at radius 3 is 2.64 bits per heavy atom. The summed E-state index contributed by atoms with van der Waals surface area (Å²) < 4.78 is 0. The van der Waals surface area contributed by atoms with E-state index in [1.165, 1.54) is 19.3 Å². The highest BCUT2D eigenvalue weighted by molar-refractivity contribution is 5.97. The smallest absolute Gasteiger partial charge is 0.252 e. The summed E-state index contributed by atoms with van der Waals surface area (Å²) in [7, 11) is 0. The molecule has 1 aliphatic heterocycles. The van der Waals surface area contributed by atoms with Crippen LogP contribution >= 0.6 is 0 Å². The van der Waals surface area contributed by atoms with E-state index in [1.807, 2.05) is 0 Å². The van der Waals surface area contributed by atoms with Crippen molar-refractivity contribution in [3.8, 4) is 0 Å². The summed E-state index contributed by atoms with van der Waals surface area (Å²) in [5.74, 6) is 0.337. The van der Waals surface area contributed by atoms with Gasteiger partial charge in [0, 0.05) is 38.4 Å². The van der Waals surface area contributed by atoms with Gasteiger partial charge in [-0.25, -0.2) is 4.98 Å². The number of nitrogens with two attached hydrogens (primary N) is 1. The molecule has 1 aromatic heterocycles. The first-order chi connectivity index (χ1) is 10.5. The number of primary amides is 1. The number of piperazine rings is 1. The third kappa shape index (κ3) is 3.09. The van der Waals surface area contributed by atoms with E-state index in [2.05, 4.69) is 28.6 Å². The standard InChI is InChI=1S/C17H26N4O/c1-17(2)6-5-13(12-17)20-8-10-21(11-9-20)16-14(15(18)22)4-3-7-19-16/h3-4,7,13H,5-6,8-12H2,1-2H3,(H2,18,22). The van der Waals surface area contributed by atoms with E-state index in [4.69, 9.17) is 5.73 Å². The van der Waals surface area contributed by atoms with Crippen LogP contribution in [-0.2, 0) is 0 Å². The lowest BCUT2D eigenvalue weighted by molar-refractivity contribution is 0.1000. The zero-order valence-corrected chi connectivity index (χ0v) is 13.6. The largest absolute Gasteiger partial charge is 0.365 e. The molecule has 1 aliphatic carbocycles. The first kappa shape index (κ1) is 15.3. The van der Waals surface area contributed by atoms with E-state index in [9.17, 15) is 4.79 Å². The Balaban J connectivity index is 1.64. The van der Waals surface area contributed by atoms with E-state index in [-0.39, 0.29) is 0 Å². The van der Waals surface area contributed by atoms with Gasteiger partial charge in [0.1, 0.15) is 5.82 Å². The normalized spacial score (nSPS) is 25.4. The lowest BCUT2D eigenvalue weighted by Crippen LogP contribution is -2.50. The number of pyridine rings is 1. The van der Waals surface area contributed by atoms with Crippen molar-refractivity contribution in [2.75, 3.05) is 31.1 Å². The predicted molar refractivity (Wildman–Crippen MR) is 88.0 cm³/mol. The molecule has 2 aliphatic rings. The molecule has 22 heavy (non-hydrogen) atoms. The fraction of sp³-hybridized carbons (Fsp3) is 0.647. The third-order valence-electron chi connectivity index (χ3n) is 5.12. The number of nitrogens with zero attached hydrogens (tertiary/aromatic N) is 3. The first-order valence-electron chi connectivity index (χ1n) is 8.20. The molecule has 1 saturated heterocycles. The second-order valence-electron chi connectivity index (χ2n) is 7.32. The van der Waals surface area contributed by atoms with Gasteiger partial charge in [-0.1, -0.05) is 13.8 Å². The van der Waals surface area contributed by atoms with Crippen LogP contribution in [0.2, 0.25) is 0 Å². The number of anilines is 1. The minimum absolute atomic E-state index is 0.400. The molecular formula is C17H26N4O. The Labute approximate surface area is 132 Å². The molecule has 1 saturated carbocycles. The van der Waals surface area contributed by atoms with Gasteiger partial charge >= 0.3 is 0 Å². The second-order valence-corrected chi connectivity index (χ2v) is 7.32. The molecule has 120 valence electrons. The third-order valence-corrected chi connectivity index (χ3v) is 5.12. The minimum Gasteiger partial charge on any atom is -0.365 e. The summed E-state index contributed by atoms with van der Waals surface area (Å²) in [6, 6.07) is 4.24. The Bertz CT molecular complexity index is 549. The molecular weight excluding hydrogens is 276 g/mol. The second kappa shape index (κ2) is 5.88. The van der Waals surface area contributed by atoms with E-state index in [0.717, 1.165) is 38.0 Å². The predicted octanol–water partition coefficient (Wildman–Crippen LogP) is 1.88. The van der Waals surface area contributed by atoms with Crippen molar-refractivity contribution in [2.45, 2.75) is 39.2 Å². The Morgan fingerprint density at radius 2 is 2.05 bits per heavy atom. The fourth-order valence-electron chi connectivity index (χ4n) is 3.85. The van der Waals surface area contributed by atoms with Crippen LogP contribution in [-0.4, -0.2) is 48.0 Å². The molecule has 0 spiro atoms. The number of carbonyl (C=O) groups is 1. The molecule has 1 aromatic rings. The van der Waals surface area contributed by atoms with Crippen LogP contribution in [0.3, 0.4) is 0 Å². The first-order valence-corrected chi connectivity index (χ1v) is 8.20. The van der Waals surface area contributed by atoms with Crippen LogP contribution in [0, 0.1) is 5.41 Å². The molecule has 5 heteroatoms. The average molecular weight is 302 g/mol. The molecule has 1 amide bonds. The molecule has 2 fully saturated rings. The number of hydrogen-bond donors (Lipinski definition) is 1. The summed E-state index contributed by atoms with van der Waals surface area (Å²) in [5, 5.41) is 0. The lowest BCUT2D eigenvalue weighted by Gasteiger charge is -2.39. The van der Waals surface area contributed by atoms with Crippen LogP contribution in [0.1, 0.15) is 43.5 Å². The van der Waals surface area contributed by atoms with Crippen LogP contribution < -0.4 is 10.6 Å². The van der Waals surface area contributed by atoms with Crippen LogP contribution in [0.5, 0.6) is 0 Å². The van der Waals surface area contributed by atoms with Gasteiger partial charge in [0.25, 0.3) is 5.91 Å². The lowest BCUT2D eigenvalue weighted by atomic mass is 9.91. The maximum Gasteiger partial charge on any atom is 0.252 e. The quantitative estimate of drug-likeness (QED) is 0.926. The molecule has 3 rings (SSSR count). The van der Waals surface area contributed by atoms with Crippen molar-refractivity contribution in [3.63, 3.8) is 0 Å². The summed E-state index contributed by atoms with van der Waals surface area (Å²) >= 11 is 0. The number of amides is 1. The molecule has 5 nitrogen and oxygen atoms in total. The molecule has 1 atom stereocenters. The summed E-state index contributed by atoms with van der Waals surface area (Å²) in [6.45, 7) is 8.64. The Kier molecular flexibility index (Phi) is 4.08. The van der Waals surface area contributed by atoms with Crippen LogP contribution in [0.25, 0.3) is 0 Å². The van der Waals surface area contributed by atoms with Gasteiger partial charge in [0.2, 0.25) is 0 Å². The zero-order valence-electron chi connectivity index (χ0n) is 13.6. The van der Waals surface area contributed by atoms with Gasteiger partial charge in [-0.2, -0.15) is 0 Å². The van der Waals surface area contributed by atoms with Crippen molar-refractivity contribution >= 4 is 11.7 Å². The maximum atomic E-state index is 11.6. The van der Waals surface area contributed by atoms with Crippen LogP contribution in [0.15, 0.2) is 18.3 Å². The van der Waals surface area contributed by atoms with Crippen molar-refractivity contribution in [3.05, 3.63) is 23.9 Å². The molecule has 2 N–H and O–H groups in total. The van der Waals surface area contributed by atoms with Crippen molar-refractivity contribution in [1.82, 2.24) is 9.88 Å². The Morgan fingerprint density at radius 1 is 1.32 bits per heavy atom. The van der Waals surface area contributed by atoms with E-state index in [1.54, 1.807) is 18.3 Å². The van der Waals surface area contributed by atoms with Crippen molar-refractivity contribution < 1.29 is 4.79 Å². The van der Waals surface area contributed by atoms with Crippen molar-refractivity contribution in [1.29, 1.82) is 0 Å². The molecule has 1 unspecified atom stereocenters. The molecule has 0 radical (unpaired) electrons. The number of rotatable bonds is 3. The molecule has 0 aromatic carbocycles. The average Bonchev–Trinajstić information content (AvgIpc) is 2.87. The molecule has 2 heterocycles. The van der Waals surface area contributed by atoms with Gasteiger partial charge in [0.15, 0.2) is 0 Å². The maximum absolute atomic E-state index is 11.6.